The van der Waals surface area contributed by atoms with Crippen LogP contribution < -0.4 is 10.6 Å². The van der Waals surface area contributed by atoms with E-state index >= 15 is 0 Å². The Balaban J connectivity index is 1.39. The molecule has 0 aromatic heterocycles. The number of Topliss-reactive ketones (excluding diaryl/α,β-unsaturated/α-hetero) is 1. The van der Waals surface area contributed by atoms with E-state index in [2.05, 4.69) is 10.6 Å². The third kappa shape index (κ3) is 26.1. The largest absolute Gasteiger partial charge is 0.463 e. The smallest absolute Gasteiger partial charge is 0.306 e. The van der Waals surface area contributed by atoms with Gasteiger partial charge in [0, 0.05) is 96.8 Å². The van der Waals surface area contributed by atoms with Crippen LogP contribution in [-0.4, -0.2) is 123 Å². The van der Waals surface area contributed by atoms with E-state index in [1.165, 1.54) is 27.7 Å². The Kier molecular flexibility index (Phi) is 31.0. The van der Waals surface area contributed by atoms with Crippen LogP contribution in [0.5, 0.6) is 0 Å². The molecule has 0 bridgehead atoms. The molecule has 2 aliphatic heterocycles. The number of ether oxygens (including phenoxy) is 9. The van der Waals surface area contributed by atoms with Crippen LogP contribution in [0.3, 0.4) is 0 Å². The molecule has 2 amide bonds. The summed E-state index contributed by atoms with van der Waals surface area (Å²) in [6.07, 6.45) is 6.05. The van der Waals surface area contributed by atoms with Crippen molar-refractivity contribution >= 4 is 47.4 Å². The number of benzene rings is 1. The fraction of sp³-hybridized carbons (Fsp3) is 0.750. The molecule has 1 aromatic carbocycles. The minimum Gasteiger partial charge on any atom is -0.463 e. The van der Waals surface area contributed by atoms with Gasteiger partial charge in [0.15, 0.2) is 18.4 Å². The Bertz CT molecular complexity index is 1900. The molecule has 0 saturated carbocycles. The molecule has 424 valence electrons. The van der Waals surface area contributed by atoms with Crippen LogP contribution >= 0.6 is 0 Å². The zero-order valence-corrected chi connectivity index (χ0v) is 45.9. The molecule has 3 rings (SSSR count). The fourth-order valence-corrected chi connectivity index (χ4v) is 9.12. The SMILES string of the molecule is CC(=O)OCC1OC(OCCCCCC(=O)NCCCC[C@H](NC(=O)CCCCCOC2OC(COC(C)=O)C(OC(C)=O)C(C)C2C)C(=O)CCCCCCC(=O)OCc2ccccc2)C(C)C(C)C1OC(C)=O. The maximum atomic E-state index is 13.5. The van der Waals surface area contributed by atoms with Gasteiger partial charge >= 0.3 is 29.8 Å². The molecule has 2 aliphatic rings. The van der Waals surface area contributed by atoms with Gasteiger partial charge in [-0.3, -0.25) is 38.4 Å². The minimum absolute atomic E-state index is 0.0437. The van der Waals surface area contributed by atoms with Crippen LogP contribution in [0.15, 0.2) is 30.3 Å². The van der Waals surface area contributed by atoms with Gasteiger partial charge in [0.05, 0.1) is 6.04 Å². The van der Waals surface area contributed by atoms with E-state index in [1.807, 2.05) is 58.0 Å². The molecule has 75 heavy (non-hydrogen) atoms. The summed E-state index contributed by atoms with van der Waals surface area (Å²) in [4.78, 5) is 98.2. The van der Waals surface area contributed by atoms with Crippen LogP contribution in [0, 0.1) is 23.7 Å². The molecule has 2 heterocycles. The van der Waals surface area contributed by atoms with Crippen molar-refractivity contribution in [2.45, 2.75) is 214 Å². The molecule has 2 fully saturated rings. The van der Waals surface area contributed by atoms with Crippen LogP contribution in [0.2, 0.25) is 0 Å². The maximum Gasteiger partial charge on any atom is 0.306 e. The molecule has 1 aromatic rings. The lowest BCUT2D eigenvalue weighted by Crippen LogP contribution is -2.53. The molecule has 10 unspecified atom stereocenters. The zero-order valence-electron chi connectivity index (χ0n) is 45.9. The average molecular weight is 1060 g/mol. The molecule has 2 saturated heterocycles. The summed E-state index contributed by atoms with van der Waals surface area (Å²) < 4.78 is 51.1. The topological polar surface area (TPSA) is 244 Å². The molecule has 19 nitrogen and oxygen atoms in total. The number of esters is 5. The summed E-state index contributed by atoms with van der Waals surface area (Å²) in [6, 6.07) is 8.85. The van der Waals surface area contributed by atoms with Gasteiger partial charge in [0.25, 0.3) is 0 Å². The van der Waals surface area contributed by atoms with Crippen molar-refractivity contribution in [3.8, 4) is 0 Å². The van der Waals surface area contributed by atoms with Gasteiger partial charge in [-0.1, -0.05) is 83.7 Å². The number of amides is 2. The highest BCUT2D eigenvalue weighted by Crippen LogP contribution is 2.35. The summed E-state index contributed by atoms with van der Waals surface area (Å²) in [6.45, 7) is 14.4. The third-order valence-corrected chi connectivity index (χ3v) is 13.8. The summed E-state index contributed by atoms with van der Waals surface area (Å²) in [5.41, 5.74) is 0.930. The zero-order chi connectivity index (χ0) is 55.1. The van der Waals surface area contributed by atoms with Gasteiger partial charge in [0.2, 0.25) is 11.8 Å². The van der Waals surface area contributed by atoms with Crippen LogP contribution in [0.1, 0.15) is 170 Å². The van der Waals surface area contributed by atoms with Crippen molar-refractivity contribution in [2.75, 3.05) is 33.0 Å². The predicted octanol–water partition coefficient (Wildman–Crippen LogP) is 7.55. The number of unbranched alkanes of at least 4 members (excludes halogenated alkanes) is 8. The highest BCUT2D eigenvalue weighted by Gasteiger charge is 2.46. The minimum atomic E-state index is -0.676. The Hall–Kier alpha value is -4.98. The number of carbonyl (C=O) groups excluding carboxylic acids is 8. The second-order valence-corrected chi connectivity index (χ2v) is 20.1. The molecule has 2 N–H and O–H groups in total. The number of ketones is 1. The van der Waals surface area contributed by atoms with Crippen molar-refractivity contribution in [1.82, 2.24) is 10.6 Å². The average Bonchev–Trinajstić information content (AvgIpc) is 3.36. The van der Waals surface area contributed by atoms with E-state index in [-0.39, 0.29) is 73.5 Å². The number of hydrogen-bond donors (Lipinski definition) is 2. The number of carbonyl (C=O) groups is 8. The Labute approximate surface area is 444 Å². The monoisotopic (exact) mass is 1060 g/mol. The highest BCUT2D eigenvalue weighted by molar-refractivity contribution is 5.89. The molecule has 19 heteroatoms. The Morgan fingerprint density at radius 2 is 1.00 bits per heavy atom. The Morgan fingerprint density at radius 3 is 1.51 bits per heavy atom. The molecule has 0 aliphatic carbocycles. The van der Waals surface area contributed by atoms with Gasteiger partial charge < -0.3 is 53.3 Å². The highest BCUT2D eigenvalue weighted by atomic mass is 16.7. The molecular weight excluding hydrogens is 973 g/mol. The summed E-state index contributed by atoms with van der Waals surface area (Å²) >= 11 is 0. The van der Waals surface area contributed by atoms with Crippen molar-refractivity contribution in [3.05, 3.63) is 35.9 Å². The van der Waals surface area contributed by atoms with Crippen LogP contribution in [0.4, 0.5) is 0 Å². The van der Waals surface area contributed by atoms with E-state index in [4.69, 9.17) is 42.6 Å². The lowest BCUT2D eigenvalue weighted by molar-refractivity contribution is -0.273. The normalized spacial score (nSPS) is 23.7. The number of hydrogen-bond acceptors (Lipinski definition) is 17. The fourth-order valence-electron chi connectivity index (χ4n) is 9.12. The standard InChI is InChI=1S/C56H88N2O17/c1-37-39(3)55(74-48(35-69-41(5)59)53(37)72-43(7)61)67-32-22-12-17-28-50(64)57-31-21-20-26-46(47(63)27-16-9-10-19-30-52(66)71-34-45-24-14-11-15-25-45)58-51(65)29-18-13-23-33-68-56-40(4)38(2)54(73-44(8)62)49(75-56)36-70-42(6)60/h11,14-15,24-25,37-40,46,48-49,53-56H,9-10,12-13,16-23,26-36H2,1-8H3,(H,57,64)(H,58,65)/t37?,38?,39?,40?,46-,48?,49?,53?,54?,55?,56?/m0/s1. The number of rotatable bonds is 36. The first kappa shape index (κ1) is 64.3. The van der Waals surface area contributed by atoms with E-state index in [0.717, 1.165) is 24.8 Å². The second kappa shape index (κ2) is 36.1. The summed E-state index contributed by atoms with van der Waals surface area (Å²) in [5, 5.41) is 5.95. The number of nitrogens with one attached hydrogen (secondary N) is 2. The molecule has 0 radical (unpaired) electrons. The van der Waals surface area contributed by atoms with E-state index < -0.39 is 66.9 Å². The first-order valence-electron chi connectivity index (χ1n) is 27.3. The van der Waals surface area contributed by atoms with Gasteiger partial charge in [-0.05, 0) is 63.4 Å². The Morgan fingerprint density at radius 1 is 0.520 bits per heavy atom. The van der Waals surface area contributed by atoms with Crippen LogP contribution in [0.25, 0.3) is 0 Å². The summed E-state index contributed by atoms with van der Waals surface area (Å²) in [5.74, 6) is -2.83. The van der Waals surface area contributed by atoms with Crippen molar-refractivity contribution in [3.63, 3.8) is 0 Å². The van der Waals surface area contributed by atoms with Gasteiger partial charge in [-0.2, -0.15) is 0 Å². The lowest BCUT2D eigenvalue weighted by atomic mass is 9.84. The lowest BCUT2D eigenvalue weighted by Gasteiger charge is -2.43. The first-order chi connectivity index (χ1) is 35.9. The van der Waals surface area contributed by atoms with Crippen molar-refractivity contribution < 1.29 is 81.0 Å². The van der Waals surface area contributed by atoms with E-state index in [0.29, 0.717) is 103 Å². The maximum absolute atomic E-state index is 13.5. The van der Waals surface area contributed by atoms with Crippen molar-refractivity contribution in [2.24, 2.45) is 23.7 Å². The third-order valence-electron chi connectivity index (χ3n) is 13.8. The van der Waals surface area contributed by atoms with E-state index in [1.54, 1.807) is 0 Å². The van der Waals surface area contributed by atoms with Gasteiger partial charge in [-0.25, -0.2) is 0 Å². The molecular formula is C56H88N2O17. The quantitative estimate of drug-likeness (QED) is 0.0374. The van der Waals surface area contributed by atoms with Gasteiger partial charge in [-0.15, -0.1) is 0 Å². The first-order valence-corrected chi connectivity index (χ1v) is 27.3. The summed E-state index contributed by atoms with van der Waals surface area (Å²) in [7, 11) is 0. The van der Waals surface area contributed by atoms with Crippen molar-refractivity contribution in [1.29, 1.82) is 0 Å². The van der Waals surface area contributed by atoms with E-state index in [9.17, 15) is 38.4 Å². The second-order valence-electron chi connectivity index (χ2n) is 20.1. The van der Waals surface area contributed by atoms with Crippen LogP contribution in [-0.2, 0) is 87.6 Å². The predicted molar refractivity (Wildman–Crippen MR) is 275 cm³/mol. The molecule has 0 spiro atoms. The van der Waals surface area contributed by atoms with Gasteiger partial charge in [0.1, 0.15) is 44.2 Å². The molecule has 11 atom stereocenters.